The van der Waals surface area contributed by atoms with E-state index in [1.54, 1.807) is 50.2 Å². The number of sulfonamides is 1. The molecule has 37 heavy (non-hydrogen) atoms. The number of aryl methyl sites for hydroxylation is 1. The molecule has 2 aromatic heterocycles. The van der Waals surface area contributed by atoms with Gasteiger partial charge in [0.25, 0.3) is 0 Å². The summed E-state index contributed by atoms with van der Waals surface area (Å²) in [5.74, 6) is 1.78. The van der Waals surface area contributed by atoms with Crippen molar-refractivity contribution in [3.63, 3.8) is 0 Å². The van der Waals surface area contributed by atoms with Crippen molar-refractivity contribution in [2.24, 2.45) is 0 Å². The van der Waals surface area contributed by atoms with Gasteiger partial charge in [0.15, 0.2) is 23.1 Å². The minimum atomic E-state index is -4.04. The van der Waals surface area contributed by atoms with Crippen molar-refractivity contribution < 1.29 is 27.4 Å². The highest BCUT2D eigenvalue weighted by molar-refractivity contribution is 7.93. The maximum absolute atomic E-state index is 13.6. The molecular formula is C24H32N6O6S. The molecule has 0 amide bonds. The summed E-state index contributed by atoms with van der Waals surface area (Å²) in [6, 6.07) is 4.99. The summed E-state index contributed by atoms with van der Waals surface area (Å²) >= 11 is 0. The normalized spacial score (nSPS) is 16.8. The van der Waals surface area contributed by atoms with Crippen LogP contribution in [0.25, 0.3) is 11.4 Å². The third kappa shape index (κ3) is 5.53. The van der Waals surface area contributed by atoms with Gasteiger partial charge in [-0.25, -0.2) is 18.4 Å². The van der Waals surface area contributed by atoms with Crippen LogP contribution in [0, 0.1) is 6.92 Å². The van der Waals surface area contributed by atoms with Gasteiger partial charge in [0.1, 0.15) is 18.0 Å². The van der Waals surface area contributed by atoms with Gasteiger partial charge in [-0.15, -0.1) is 10.2 Å². The number of fused-ring (bicyclic) bond motifs is 3. The van der Waals surface area contributed by atoms with Gasteiger partial charge in [-0.05, 0) is 45.4 Å². The Morgan fingerprint density at radius 1 is 1.16 bits per heavy atom. The van der Waals surface area contributed by atoms with Crippen molar-refractivity contribution >= 4 is 16.0 Å². The third-order valence-electron chi connectivity index (χ3n) is 5.90. The van der Waals surface area contributed by atoms with Crippen molar-refractivity contribution in [2.75, 3.05) is 32.2 Å². The number of nitrogens with zero attached hydrogens (tertiary/aromatic N) is 5. The molecule has 4 rings (SSSR count). The number of ether oxygens (including phenoxy) is 4. The third-order valence-corrected chi connectivity index (χ3v) is 7.60. The number of nitrogens with one attached hydrogen (secondary N) is 1. The van der Waals surface area contributed by atoms with Crippen LogP contribution in [0.15, 0.2) is 30.6 Å². The zero-order chi connectivity index (χ0) is 26.7. The number of hydrogen-bond donors (Lipinski definition) is 1. The van der Waals surface area contributed by atoms with E-state index in [1.165, 1.54) is 0 Å². The molecule has 13 heteroatoms. The Hall–Kier alpha value is -3.29. The molecule has 200 valence electrons. The SMILES string of the molecule is COC[C@H]1COc2c(OC)cccc2-c2nnc(NS(=O)(=O)C(C)C(OC(C)C)c3ncc(C)cn3)n21. The molecule has 0 aliphatic carbocycles. The second kappa shape index (κ2) is 11.0. The summed E-state index contributed by atoms with van der Waals surface area (Å²) in [7, 11) is -0.934. The maximum Gasteiger partial charge on any atom is 0.240 e. The van der Waals surface area contributed by atoms with E-state index < -0.39 is 27.4 Å². The molecule has 2 unspecified atom stereocenters. The summed E-state index contributed by atoms with van der Waals surface area (Å²) < 4.78 is 54.4. The van der Waals surface area contributed by atoms with E-state index in [4.69, 9.17) is 18.9 Å². The van der Waals surface area contributed by atoms with Gasteiger partial charge in [0, 0.05) is 19.5 Å². The lowest BCUT2D eigenvalue weighted by Gasteiger charge is -2.26. The molecule has 0 radical (unpaired) electrons. The number of anilines is 1. The van der Waals surface area contributed by atoms with Crippen LogP contribution in [0.2, 0.25) is 0 Å². The van der Waals surface area contributed by atoms with Crippen LogP contribution < -0.4 is 14.2 Å². The highest BCUT2D eigenvalue weighted by atomic mass is 32.2. The molecule has 0 saturated carbocycles. The highest BCUT2D eigenvalue weighted by Gasteiger charge is 2.37. The van der Waals surface area contributed by atoms with Gasteiger partial charge >= 0.3 is 0 Å². The Morgan fingerprint density at radius 2 is 1.89 bits per heavy atom. The van der Waals surface area contributed by atoms with E-state index in [2.05, 4.69) is 24.9 Å². The second-order valence-corrected chi connectivity index (χ2v) is 11.1. The van der Waals surface area contributed by atoms with Crippen LogP contribution >= 0.6 is 0 Å². The van der Waals surface area contributed by atoms with E-state index in [1.807, 2.05) is 26.8 Å². The van der Waals surface area contributed by atoms with Crippen molar-refractivity contribution in [3.05, 3.63) is 42.0 Å². The molecule has 0 bridgehead atoms. The van der Waals surface area contributed by atoms with Crippen LogP contribution in [-0.2, 0) is 19.5 Å². The van der Waals surface area contributed by atoms with Gasteiger partial charge in [-0.1, -0.05) is 6.07 Å². The molecule has 1 aliphatic rings. The monoisotopic (exact) mass is 532 g/mol. The molecule has 0 fully saturated rings. The van der Waals surface area contributed by atoms with E-state index in [0.29, 0.717) is 22.9 Å². The van der Waals surface area contributed by atoms with Crippen molar-refractivity contribution in [1.82, 2.24) is 24.7 Å². The Kier molecular flexibility index (Phi) is 7.95. The number of aromatic nitrogens is 5. The first kappa shape index (κ1) is 26.8. The summed E-state index contributed by atoms with van der Waals surface area (Å²) in [5, 5.41) is 7.45. The first-order chi connectivity index (χ1) is 17.7. The molecule has 3 aromatic rings. The summed E-state index contributed by atoms with van der Waals surface area (Å²) in [6.07, 6.45) is 2.09. The fourth-order valence-electron chi connectivity index (χ4n) is 4.07. The number of benzene rings is 1. The van der Waals surface area contributed by atoms with E-state index >= 15 is 0 Å². The lowest BCUT2D eigenvalue weighted by Crippen LogP contribution is -2.35. The number of para-hydroxylation sites is 1. The Labute approximate surface area is 216 Å². The van der Waals surface area contributed by atoms with Gasteiger partial charge in [-0.2, -0.15) is 0 Å². The minimum absolute atomic E-state index is 0.0382. The first-order valence-corrected chi connectivity index (χ1v) is 13.4. The predicted octanol–water partition coefficient (Wildman–Crippen LogP) is 2.93. The molecule has 3 atom stereocenters. The number of rotatable bonds is 10. The summed E-state index contributed by atoms with van der Waals surface area (Å²) in [6.45, 7) is 7.48. The fraction of sp³-hybridized carbons (Fsp3) is 0.500. The topological polar surface area (TPSA) is 140 Å². The Balaban J connectivity index is 1.73. The molecule has 1 aliphatic heterocycles. The molecular weight excluding hydrogens is 500 g/mol. The molecule has 1 aromatic carbocycles. The van der Waals surface area contributed by atoms with E-state index in [0.717, 1.165) is 5.56 Å². The zero-order valence-electron chi connectivity index (χ0n) is 21.7. The van der Waals surface area contributed by atoms with Crippen LogP contribution in [0.4, 0.5) is 5.95 Å². The largest absolute Gasteiger partial charge is 0.493 e. The molecule has 0 spiro atoms. The smallest absolute Gasteiger partial charge is 0.240 e. The quantitative estimate of drug-likeness (QED) is 0.414. The lowest BCUT2D eigenvalue weighted by atomic mass is 10.1. The average molecular weight is 533 g/mol. The van der Waals surface area contributed by atoms with E-state index in [-0.39, 0.29) is 31.1 Å². The number of hydrogen-bond acceptors (Lipinski definition) is 10. The summed E-state index contributed by atoms with van der Waals surface area (Å²) in [5.41, 5.74) is 1.48. The van der Waals surface area contributed by atoms with Gasteiger partial charge < -0.3 is 18.9 Å². The van der Waals surface area contributed by atoms with Crippen LogP contribution in [0.5, 0.6) is 11.5 Å². The Bertz CT molecular complexity index is 1330. The molecule has 1 N–H and O–H groups in total. The fourth-order valence-corrected chi connectivity index (χ4v) is 5.16. The number of methoxy groups -OCH3 is 2. The second-order valence-electron chi connectivity index (χ2n) is 9.05. The highest BCUT2D eigenvalue weighted by Crippen LogP contribution is 2.42. The minimum Gasteiger partial charge on any atom is -0.493 e. The van der Waals surface area contributed by atoms with Crippen LogP contribution in [0.1, 0.15) is 44.3 Å². The van der Waals surface area contributed by atoms with Crippen LogP contribution in [0.3, 0.4) is 0 Å². The standard InChI is InChI=1S/C24H32N6O6S/c1-14(2)36-20(22-25-10-15(3)11-26-22)16(4)37(31,32)29-24-28-27-23-18-8-7-9-19(34-6)21(18)35-13-17(12-33-5)30(23)24/h7-11,14,16-17,20H,12-13H2,1-6H3,(H,28,29)/t16?,17-,20?/m0/s1. The van der Waals surface area contributed by atoms with Crippen LogP contribution in [-0.4, -0.2) is 71.9 Å². The first-order valence-electron chi connectivity index (χ1n) is 11.9. The summed E-state index contributed by atoms with van der Waals surface area (Å²) in [4.78, 5) is 8.63. The average Bonchev–Trinajstić information content (AvgIpc) is 3.19. The van der Waals surface area contributed by atoms with Gasteiger partial charge in [0.05, 0.1) is 31.4 Å². The van der Waals surface area contributed by atoms with Gasteiger partial charge in [0.2, 0.25) is 16.0 Å². The van der Waals surface area contributed by atoms with Crippen molar-refractivity contribution in [1.29, 1.82) is 0 Å². The molecule has 12 nitrogen and oxygen atoms in total. The maximum atomic E-state index is 13.6. The Morgan fingerprint density at radius 3 is 2.54 bits per heavy atom. The molecule has 0 saturated heterocycles. The predicted molar refractivity (Wildman–Crippen MR) is 136 cm³/mol. The molecule has 3 heterocycles. The van der Waals surface area contributed by atoms with E-state index in [9.17, 15) is 8.42 Å². The van der Waals surface area contributed by atoms with Gasteiger partial charge in [-0.3, -0.25) is 9.29 Å². The lowest BCUT2D eigenvalue weighted by molar-refractivity contribution is 0.00152. The van der Waals surface area contributed by atoms with Crippen molar-refractivity contribution in [2.45, 2.75) is 51.2 Å². The van der Waals surface area contributed by atoms with Crippen molar-refractivity contribution in [3.8, 4) is 22.9 Å². The zero-order valence-corrected chi connectivity index (χ0v) is 22.5.